The van der Waals surface area contributed by atoms with E-state index in [0.29, 0.717) is 17.1 Å². The van der Waals surface area contributed by atoms with E-state index in [-0.39, 0.29) is 5.97 Å². The zero-order valence-corrected chi connectivity index (χ0v) is 15.5. The Bertz CT molecular complexity index is 1040. The van der Waals surface area contributed by atoms with Crippen molar-refractivity contribution in [3.8, 4) is 0 Å². The molecule has 2 aromatic rings. The normalized spacial score (nSPS) is 16.3. The first-order chi connectivity index (χ1) is 13.6. The number of aliphatic imine (C=N–C) groups is 1. The van der Waals surface area contributed by atoms with E-state index in [4.69, 9.17) is 15.1 Å². The molecule has 0 aromatic heterocycles. The van der Waals surface area contributed by atoms with Crippen molar-refractivity contribution in [3.63, 3.8) is 0 Å². The van der Waals surface area contributed by atoms with Crippen molar-refractivity contribution in [2.24, 2.45) is 4.99 Å². The first-order valence-corrected chi connectivity index (χ1v) is 8.97. The van der Waals surface area contributed by atoms with Crippen LogP contribution in [-0.2, 0) is 11.2 Å². The van der Waals surface area contributed by atoms with Gasteiger partial charge in [-0.05, 0) is 30.3 Å². The molecule has 0 amide bonds. The Morgan fingerprint density at radius 2 is 2.07 bits per heavy atom. The number of amidine groups is 1. The van der Waals surface area contributed by atoms with E-state index in [1.165, 1.54) is 12.7 Å². The van der Waals surface area contributed by atoms with Crippen molar-refractivity contribution in [3.05, 3.63) is 89.4 Å². The number of esters is 1. The van der Waals surface area contributed by atoms with E-state index in [0.717, 1.165) is 35.5 Å². The standard InChI is InChI=1S/C22H20N4O2/c1-3-24-13-18-21(23)26-12-11-15-5-4-6-17(20(15)26)19(25-18)14-7-9-16(10-8-14)22(27)28-2/h3-10,13,23-24H,1,11-12H2,2H3. The van der Waals surface area contributed by atoms with Gasteiger partial charge in [0.15, 0.2) is 5.84 Å². The van der Waals surface area contributed by atoms with Gasteiger partial charge in [-0.25, -0.2) is 9.79 Å². The molecule has 0 radical (unpaired) electrons. The molecule has 0 saturated carbocycles. The second-order valence-electron chi connectivity index (χ2n) is 6.49. The minimum atomic E-state index is -0.376. The number of rotatable bonds is 4. The average Bonchev–Trinajstić information content (AvgIpc) is 3.13. The van der Waals surface area contributed by atoms with E-state index in [2.05, 4.69) is 18.0 Å². The van der Waals surface area contributed by atoms with E-state index < -0.39 is 0 Å². The van der Waals surface area contributed by atoms with E-state index in [1.54, 1.807) is 24.5 Å². The van der Waals surface area contributed by atoms with Crippen LogP contribution in [0.4, 0.5) is 5.69 Å². The van der Waals surface area contributed by atoms with E-state index >= 15 is 0 Å². The Hall–Kier alpha value is -3.67. The van der Waals surface area contributed by atoms with Gasteiger partial charge in [-0.2, -0.15) is 0 Å². The highest BCUT2D eigenvalue weighted by molar-refractivity contribution is 6.24. The van der Waals surface area contributed by atoms with Gasteiger partial charge >= 0.3 is 5.97 Å². The Balaban J connectivity index is 1.89. The van der Waals surface area contributed by atoms with Crippen LogP contribution in [0.25, 0.3) is 0 Å². The van der Waals surface area contributed by atoms with E-state index in [1.807, 2.05) is 29.2 Å². The molecule has 0 saturated heterocycles. The lowest BCUT2D eigenvalue weighted by Gasteiger charge is -2.20. The topological polar surface area (TPSA) is 77.8 Å². The highest BCUT2D eigenvalue weighted by atomic mass is 16.5. The molecule has 0 spiro atoms. The van der Waals surface area contributed by atoms with E-state index in [9.17, 15) is 4.79 Å². The second-order valence-corrected chi connectivity index (χ2v) is 6.49. The summed E-state index contributed by atoms with van der Waals surface area (Å²) < 4.78 is 4.78. The maximum absolute atomic E-state index is 11.7. The molecule has 2 aliphatic heterocycles. The molecule has 2 heterocycles. The number of ether oxygens (including phenoxy) is 1. The van der Waals surface area contributed by atoms with Gasteiger partial charge in [0.25, 0.3) is 0 Å². The van der Waals surface area contributed by atoms with Gasteiger partial charge in [0.1, 0.15) is 5.70 Å². The SMILES string of the molecule is C=CNC=C1N=C(c2ccc(C(=O)OC)cc2)c2cccc3c2N(CC3)C1=N. The van der Waals surface area contributed by atoms with Crippen LogP contribution >= 0.6 is 0 Å². The molecular weight excluding hydrogens is 352 g/mol. The summed E-state index contributed by atoms with van der Waals surface area (Å²) in [6.45, 7) is 4.41. The van der Waals surface area contributed by atoms with Crippen molar-refractivity contribution < 1.29 is 9.53 Å². The number of methoxy groups -OCH3 is 1. The van der Waals surface area contributed by atoms with Crippen LogP contribution in [0.1, 0.15) is 27.0 Å². The van der Waals surface area contributed by atoms with Gasteiger partial charge in [0.05, 0.1) is 24.1 Å². The molecular formula is C22H20N4O2. The lowest BCUT2D eigenvalue weighted by molar-refractivity contribution is 0.0600. The number of carbonyl (C=O) groups excluding carboxylic acids is 1. The van der Waals surface area contributed by atoms with Crippen LogP contribution in [-0.4, -0.2) is 31.2 Å². The fraction of sp³-hybridized carbons (Fsp3) is 0.136. The highest BCUT2D eigenvalue weighted by Gasteiger charge is 2.31. The zero-order chi connectivity index (χ0) is 19.7. The van der Waals surface area contributed by atoms with Crippen molar-refractivity contribution in [2.45, 2.75) is 6.42 Å². The van der Waals surface area contributed by atoms with Gasteiger partial charge in [-0.3, -0.25) is 5.41 Å². The van der Waals surface area contributed by atoms with Crippen molar-refractivity contribution >= 4 is 23.2 Å². The number of nitrogens with zero attached hydrogens (tertiary/aromatic N) is 2. The largest absolute Gasteiger partial charge is 0.465 e. The molecule has 4 rings (SSSR count). The van der Waals surface area contributed by atoms with Gasteiger partial charge in [-0.1, -0.05) is 36.9 Å². The molecule has 0 bridgehead atoms. The monoisotopic (exact) mass is 372 g/mol. The third-order valence-corrected chi connectivity index (χ3v) is 4.91. The molecule has 0 atom stereocenters. The molecule has 2 aliphatic rings. The quantitative estimate of drug-likeness (QED) is 0.808. The minimum Gasteiger partial charge on any atom is -0.465 e. The smallest absolute Gasteiger partial charge is 0.337 e. The minimum absolute atomic E-state index is 0.349. The van der Waals surface area contributed by atoms with Crippen LogP contribution in [0, 0.1) is 5.41 Å². The number of anilines is 1. The number of hydrogen-bond donors (Lipinski definition) is 2. The first-order valence-electron chi connectivity index (χ1n) is 8.97. The second kappa shape index (κ2) is 7.15. The summed E-state index contributed by atoms with van der Waals surface area (Å²) in [5.74, 6) is -0.0274. The Morgan fingerprint density at radius 3 is 2.79 bits per heavy atom. The van der Waals surface area contributed by atoms with Crippen molar-refractivity contribution in [2.75, 3.05) is 18.6 Å². The summed E-state index contributed by atoms with van der Waals surface area (Å²) in [7, 11) is 1.36. The summed E-state index contributed by atoms with van der Waals surface area (Å²) in [6, 6.07) is 13.3. The summed E-state index contributed by atoms with van der Waals surface area (Å²) in [6.07, 6.45) is 4.12. The fourth-order valence-corrected chi connectivity index (χ4v) is 3.58. The molecule has 2 aromatic carbocycles. The molecule has 140 valence electrons. The predicted octanol–water partition coefficient (Wildman–Crippen LogP) is 3.24. The number of benzene rings is 2. The highest BCUT2D eigenvalue weighted by Crippen LogP contribution is 2.37. The molecule has 6 nitrogen and oxygen atoms in total. The molecule has 0 aliphatic carbocycles. The van der Waals surface area contributed by atoms with Crippen LogP contribution in [0.3, 0.4) is 0 Å². The Labute approximate surface area is 163 Å². The predicted molar refractivity (Wildman–Crippen MR) is 110 cm³/mol. The van der Waals surface area contributed by atoms with Crippen molar-refractivity contribution in [1.29, 1.82) is 5.41 Å². The number of carbonyl (C=O) groups is 1. The molecule has 0 fully saturated rings. The lowest BCUT2D eigenvalue weighted by Crippen LogP contribution is -2.29. The first kappa shape index (κ1) is 17.7. The van der Waals surface area contributed by atoms with Gasteiger partial charge < -0.3 is 15.0 Å². The fourth-order valence-electron chi connectivity index (χ4n) is 3.58. The molecule has 2 N–H and O–H groups in total. The maximum atomic E-state index is 11.7. The van der Waals surface area contributed by atoms with Gasteiger partial charge in [0.2, 0.25) is 0 Å². The third-order valence-electron chi connectivity index (χ3n) is 4.91. The van der Waals surface area contributed by atoms with Crippen LogP contribution < -0.4 is 10.2 Å². The maximum Gasteiger partial charge on any atom is 0.337 e. The average molecular weight is 372 g/mol. The summed E-state index contributed by atoms with van der Waals surface area (Å²) in [5.41, 5.74) is 5.86. The number of para-hydroxylation sites is 1. The van der Waals surface area contributed by atoms with Crippen molar-refractivity contribution in [1.82, 2.24) is 5.32 Å². The number of nitrogens with one attached hydrogen (secondary N) is 2. The van der Waals surface area contributed by atoms with Crippen LogP contribution in [0.2, 0.25) is 0 Å². The van der Waals surface area contributed by atoms with Gasteiger partial charge in [0, 0.05) is 23.9 Å². The summed E-state index contributed by atoms with van der Waals surface area (Å²) in [5, 5.41) is 11.6. The summed E-state index contributed by atoms with van der Waals surface area (Å²) >= 11 is 0. The number of hydrogen-bond acceptors (Lipinski definition) is 5. The third kappa shape index (κ3) is 2.89. The van der Waals surface area contributed by atoms with Crippen LogP contribution in [0.15, 0.2) is 72.1 Å². The Kier molecular flexibility index (Phi) is 4.53. The van der Waals surface area contributed by atoms with Gasteiger partial charge in [-0.15, -0.1) is 0 Å². The van der Waals surface area contributed by atoms with Crippen LogP contribution in [0.5, 0.6) is 0 Å². The lowest BCUT2D eigenvalue weighted by atomic mass is 9.97. The summed E-state index contributed by atoms with van der Waals surface area (Å²) in [4.78, 5) is 18.6. The molecule has 0 unspecified atom stereocenters. The molecule has 28 heavy (non-hydrogen) atoms. The zero-order valence-electron chi connectivity index (χ0n) is 15.5. The molecule has 6 heteroatoms. The Morgan fingerprint density at radius 1 is 1.29 bits per heavy atom.